The molecule has 0 aliphatic carbocycles. The number of halogens is 1. The summed E-state index contributed by atoms with van der Waals surface area (Å²) in [4.78, 5) is 12.9. The highest BCUT2D eigenvalue weighted by Crippen LogP contribution is 2.20. The number of carbonyl (C=O) groups is 1. The number of aryl methyl sites for hydroxylation is 2. The number of nitrogens with zero attached hydrogens (tertiary/aromatic N) is 3. The van der Waals surface area contributed by atoms with Crippen molar-refractivity contribution in [3.63, 3.8) is 0 Å². The van der Waals surface area contributed by atoms with Crippen LogP contribution in [-0.4, -0.2) is 32.8 Å². The fourth-order valence-electron chi connectivity index (χ4n) is 2.24. The minimum Gasteiger partial charge on any atom is -0.478 e. The molecule has 0 bridgehead atoms. The van der Waals surface area contributed by atoms with Crippen LogP contribution >= 0.6 is 11.6 Å². The van der Waals surface area contributed by atoms with Crippen molar-refractivity contribution in [3.8, 4) is 0 Å². The molecule has 6 heteroatoms. The Hall–Kier alpha value is -1.85. The van der Waals surface area contributed by atoms with Gasteiger partial charge in [-0.15, -0.1) is 0 Å². The van der Waals surface area contributed by atoms with Crippen LogP contribution < -0.4 is 0 Å². The third-order valence-electron chi connectivity index (χ3n) is 3.35. The van der Waals surface area contributed by atoms with E-state index in [9.17, 15) is 4.79 Å². The number of aromatic nitrogens is 2. The molecule has 21 heavy (non-hydrogen) atoms. The zero-order valence-electron chi connectivity index (χ0n) is 12.3. The van der Waals surface area contributed by atoms with Gasteiger partial charge in [0.1, 0.15) is 5.15 Å². The third kappa shape index (κ3) is 3.62. The fraction of sp³-hybridized carbons (Fsp3) is 0.333. The quantitative estimate of drug-likeness (QED) is 0.922. The van der Waals surface area contributed by atoms with Gasteiger partial charge in [-0.25, -0.2) is 4.79 Å². The predicted octanol–water partition coefficient (Wildman–Crippen LogP) is 2.71. The molecule has 0 fully saturated rings. The molecule has 0 amide bonds. The first kappa shape index (κ1) is 15.5. The molecule has 1 aromatic heterocycles. The number of carboxylic acid groups (broad SMARTS) is 1. The number of aromatic carboxylic acids is 1. The van der Waals surface area contributed by atoms with Gasteiger partial charge >= 0.3 is 5.97 Å². The standard InChI is InChI=1S/C15H18ClN3O2/c1-10-13(14(16)19(3)17-10)9-18(2)8-11-4-6-12(7-5-11)15(20)21/h4-7H,8-9H2,1-3H3,(H,20,21). The lowest BCUT2D eigenvalue weighted by Gasteiger charge is -2.16. The highest BCUT2D eigenvalue weighted by Gasteiger charge is 2.13. The lowest BCUT2D eigenvalue weighted by atomic mass is 10.1. The maximum absolute atomic E-state index is 10.8. The topological polar surface area (TPSA) is 58.4 Å². The van der Waals surface area contributed by atoms with E-state index in [1.165, 1.54) is 0 Å². The maximum atomic E-state index is 10.8. The van der Waals surface area contributed by atoms with E-state index in [1.807, 2.05) is 33.2 Å². The highest BCUT2D eigenvalue weighted by molar-refractivity contribution is 6.30. The third-order valence-corrected chi connectivity index (χ3v) is 3.82. The largest absolute Gasteiger partial charge is 0.478 e. The van der Waals surface area contributed by atoms with Crippen molar-refractivity contribution in [2.24, 2.45) is 7.05 Å². The van der Waals surface area contributed by atoms with Crippen LogP contribution in [0.1, 0.15) is 27.2 Å². The van der Waals surface area contributed by atoms with Gasteiger partial charge in [-0.3, -0.25) is 9.58 Å². The second-order valence-electron chi connectivity index (χ2n) is 5.15. The molecule has 2 aromatic rings. The summed E-state index contributed by atoms with van der Waals surface area (Å²) in [6, 6.07) is 6.90. The van der Waals surface area contributed by atoms with Crippen LogP contribution in [0, 0.1) is 6.92 Å². The molecule has 0 saturated carbocycles. The van der Waals surface area contributed by atoms with Crippen molar-refractivity contribution in [3.05, 3.63) is 51.8 Å². The fourth-order valence-corrected chi connectivity index (χ4v) is 2.48. The van der Waals surface area contributed by atoms with Crippen molar-refractivity contribution < 1.29 is 9.90 Å². The summed E-state index contributed by atoms with van der Waals surface area (Å²) in [5.41, 5.74) is 3.30. The van der Waals surface area contributed by atoms with Gasteiger partial charge in [0.2, 0.25) is 0 Å². The molecular weight excluding hydrogens is 290 g/mol. The molecule has 0 aliphatic rings. The highest BCUT2D eigenvalue weighted by atomic mass is 35.5. The lowest BCUT2D eigenvalue weighted by Crippen LogP contribution is -2.17. The van der Waals surface area contributed by atoms with E-state index in [1.54, 1.807) is 16.8 Å². The first-order chi connectivity index (χ1) is 9.88. The molecule has 0 unspecified atom stereocenters. The Morgan fingerprint density at radius 3 is 2.43 bits per heavy atom. The number of rotatable bonds is 5. The Kier molecular flexibility index (Phi) is 4.65. The van der Waals surface area contributed by atoms with E-state index in [0.717, 1.165) is 16.8 Å². The van der Waals surface area contributed by atoms with E-state index in [0.29, 0.717) is 23.8 Å². The van der Waals surface area contributed by atoms with Gasteiger partial charge in [0.25, 0.3) is 0 Å². The van der Waals surface area contributed by atoms with Crippen molar-refractivity contribution in [2.75, 3.05) is 7.05 Å². The molecule has 0 aliphatic heterocycles. The van der Waals surface area contributed by atoms with Crippen LogP contribution in [0.25, 0.3) is 0 Å². The number of carboxylic acids is 1. The second kappa shape index (κ2) is 6.28. The molecule has 0 radical (unpaired) electrons. The van der Waals surface area contributed by atoms with E-state index in [2.05, 4.69) is 10.00 Å². The zero-order valence-corrected chi connectivity index (χ0v) is 13.1. The van der Waals surface area contributed by atoms with Crippen LogP contribution in [0.15, 0.2) is 24.3 Å². The molecule has 0 atom stereocenters. The summed E-state index contributed by atoms with van der Waals surface area (Å²) in [6.07, 6.45) is 0. The number of hydrogen-bond acceptors (Lipinski definition) is 3. The van der Waals surface area contributed by atoms with Gasteiger partial charge in [-0.05, 0) is 31.7 Å². The Bertz CT molecular complexity index is 650. The summed E-state index contributed by atoms with van der Waals surface area (Å²) in [5.74, 6) is -0.910. The zero-order chi connectivity index (χ0) is 15.6. The minimum absolute atomic E-state index is 0.299. The lowest BCUT2D eigenvalue weighted by molar-refractivity contribution is 0.0697. The monoisotopic (exact) mass is 307 g/mol. The summed E-state index contributed by atoms with van der Waals surface area (Å²) in [6.45, 7) is 3.35. The van der Waals surface area contributed by atoms with Crippen molar-refractivity contribution in [1.82, 2.24) is 14.7 Å². The molecule has 1 heterocycles. The molecule has 1 aromatic carbocycles. The Morgan fingerprint density at radius 1 is 1.33 bits per heavy atom. The van der Waals surface area contributed by atoms with Crippen LogP contribution in [-0.2, 0) is 20.1 Å². The number of benzene rings is 1. The van der Waals surface area contributed by atoms with Crippen molar-refractivity contribution in [1.29, 1.82) is 0 Å². The van der Waals surface area contributed by atoms with E-state index < -0.39 is 5.97 Å². The maximum Gasteiger partial charge on any atom is 0.335 e. The molecule has 5 nitrogen and oxygen atoms in total. The summed E-state index contributed by atoms with van der Waals surface area (Å²) in [7, 11) is 3.82. The molecular formula is C15H18ClN3O2. The average molecular weight is 308 g/mol. The molecule has 112 valence electrons. The summed E-state index contributed by atoms with van der Waals surface area (Å²) in [5, 5.41) is 13.8. The van der Waals surface area contributed by atoms with Crippen molar-refractivity contribution in [2.45, 2.75) is 20.0 Å². The Labute approximate surface area is 128 Å². The van der Waals surface area contributed by atoms with Gasteiger partial charge in [-0.1, -0.05) is 23.7 Å². The SMILES string of the molecule is Cc1nn(C)c(Cl)c1CN(C)Cc1ccc(C(=O)O)cc1. The molecule has 1 N–H and O–H groups in total. The second-order valence-corrected chi connectivity index (χ2v) is 5.51. The Morgan fingerprint density at radius 2 is 1.95 bits per heavy atom. The van der Waals surface area contributed by atoms with Gasteiger partial charge < -0.3 is 5.11 Å². The van der Waals surface area contributed by atoms with Gasteiger partial charge in [-0.2, -0.15) is 5.10 Å². The first-order valence-corrected chi connectivity index (χ1v) is 6.95. The van der Waals surface area contributed by atoms with Crippen molar-refractivity contribution >= 4 is 17.6 Å². The van der Waals surface area contributed by atoms with Gasteiger partial charge in [0.15, 0.2) is 0 Å². The van der Waals surface area contributed by atoms with Crippen LogP contribution in [0.5, 0.6) is 0 Å². The van der Waals surface area contributed by atoms with E-state index in [4.69, 9.17) is 16.7 Å². The average Bonchev–Trinajstić information content (AvgIpc) is 2.66. The van der Waals surface area contributed by atoms with Crippen LogP contribution in [0.4, 0.5) is 0 Å². The predicted molar refractivity (Wildman–Crippen MR) is 81.5 cm³/mol. The molecule has 0 saturated heterocycles. The molecule has 0 spiro atoms. The van der Waals surface area contributed by atoms with Gasteiger partial charge in [0.05, 0.1) is 11.3 Å². The Balaban J connectivity index is 2.04. The smallest absolute Gasteiger partial charge is 0.335 e. The van der Waals surface area contributed by atoms with Crippen LogP contribution in [0.3, 0.4) is 0 Å². The normalized spacial score (nSPS) is 11.1. The van der Waals surface area contributed by atoms with E-state index in [-0.39, 0.29) is 0 Å². The van der Waals surface area contributed by atoms with Crippen LogP contribution in [0.2, 0.25) is 5.15 Å². The summed E-state index contributed by atoms with van der Waals surface area (Å²) < 4.78 is 1.67. The molecule has 2 rings (SSSR count). The van der Waals surface area contributed by atoms with Gasteiger partial charge in [0, 0.05) is 25.7 Å². The first-order valence-electron chi connectivity index (χ1n) is 6.57. The minimum atomic E-state index is -0.910. The van der Waals surface area contributed by atoms with E-state index >= 15 is 0 Å². The number of hydrogen-bond donors (Lipinski definition) is 1. The summed E-state index contributed by atoms with van der Waals surface area (Å²) >= 11 is 6.23.